The van der Waals surface area contributed by atoms with Gasteiger partial charge in [0.2, 0.25) is 5.91 Å². The summed E-state index contributed by atoms with van der Waals surface area (Å²) in [7, 11) is 0. The predicted molar refractivity (Wildman–Crippen MR) is 108 cm³/mol. The number of nitrogens with zero attached hydrogens (tertiary/aromatic N) is 1. The van der Waals surface area contributed by atoms with Crippen molar-refractivity contribution in [3.05, 3.63) is 46.8 Å². The summed E-state index contributed by atoms with van der Waals surface area (Å²) in [5, 5.41) is 20.1. The number of carbonyl (C=O) groups is 2. The molecule has 28 heavy (non-hydrogen) atoms. The van der Waals surface area contributed by atoms with Crippen molar-refractivity contribution in [2.24, 2.45) is 0 Å². The van der Waals surface area contributed by atoms with E-state index in [-0.39, 0.29) is 17.9 Å². The molecule has 0 spiro atoms. The standard InChI is InChI=1S/C20H22N4O3S/c1-13(18(25)24-20-14(11-21)8-10-28-20)23-17-7-3-2-6-16(17)19(26)22-12-15-5-4-9-27-15/h2-3,6-8,10,13,15,23H,4-5,9,12H2,1H3,(H,22,26)(H,24,25). The monoisotopic (exact) mass is 398 g/mol. The Hall–Kier alpha value is -2.89. The third kappa shape index (κ3) is 4.88. The van der Waals surface area contributed by atoms with Gasteiger partial charge in [-0.2, -0.15) is 5.26 Å². The van der Waals surface area contributed by atoms with E-state index in [9.17, 15) is 9.59 Å². The van der Waals surface area contributed by atoms with Crippen molar-refractivity contribution in [3.63, 3.8) is 0 Å². The third-order valence-electron chi connectivity index (χ3n) is 4.47. The molecule has 2 heterocycles. The van der Waals surface area contributed by atoms with Gasteiger partial charge >= 0.3 is 0 Å². The van der Waals surface area contributed by atoms with Crippen molar-refractivity contribution in [3.8, 4) is 6.07 Å². The van der Waals surface area contributed by atoms with E-state index in [1.165, 1.54) is 11.3 Å². The van der Waals surface area contributed by atoms with Crippen molar-refractivity contribution >= 4 is 33.8 Å². The van der Waals surface area contributed by atoms with Gasteiger partial charge in [0.25, 0.3) is 5.91 Å². The molecule has 3 rings (SSSR count). The SMILES string of the molecule is CC(Nc1ccccc1C(=O)NCC1CCCO1)C(=O)Nc1sccc1C#N. The number of nitrogens with one attached hydrogen (secondary N) is 3. The number of carbonyl (C=O) groups excluding carboxylic acids is 2. The molecule has 2 unspecified atom stereocenters. The Balaban J connectivity index is 1.62. The van der Waals surface area contributed by atoms with Gasteiger partial charge in [-0.25, -0.2) is 0 Å². The van der Waals surface area contributed by atoms with Crippen LogP contribution in [0.25, 0.3) is 0 Å². The van der Waals surface area contributed by atoms with Gasteiger partial charge in [-0.05, 0) is 43.3 Å². The summed E-state index contributed by atoms with van der Waals surface area (Å²) in [6.07, 6.45) is 2.03. The molecule has 7 nitrogen and oxygen atoms in total. The summed E-state index contributed by atoms with van der Waals surface area (Å²) < 4.78 is 5.53. The first-order valence-electron chi connectivity index (χ1n) is 9.12. The van der Waals surface area contributed by atoms with E-state index in [2.05, 4.69) is 16.0 Å². The van der Waals surface area contributed by atoms with Gasteiger partial charge in [0.1, 0.15) is 17.1 Å². The lowest BCUT2D eigenvalue weighted by Gasteiger charge is -2.18. The number of ether oxygens (including phenoxy) is 1. The summed E-state index contributed by atoms with van der Waals surface area (Å²) in [6.45, 7) is 2.91. The maximum Gasteiger partial charge on any atom is 0.253 e. The van der Waals surface area contributed by atoms with Crippen molar-refractivity contribution < 1.29 is 14.3 Å². The zero-order valence-electron chi connectivity index (χ0n) is 15.5. The van der Waals surface area contributed by atoms with Gasteiger partial charge in [0.15, 0.2) is 0 Å². The molecule has 0 aliphatic carbocycles. The number of thiophene rings is 1. The van der Waals surface area contributed by atoms with E-state index in [0.717, 1.165) is 19.4 Å². The minimum Gasteiger partial charge on any atom is -0.376 e. The number of nitriles is 1. The number of amides is 2. The highest BCUT2D eigenvalue weighted by Gasteiger charge is 2.20. The second-order valence-corrected chi connectivity index (χ2v) is 7.44. The Kier molecular flexibility index (Phi) is 6.63. The smallest absolute Gasteiger partial charge is 0.253 e. The summed E-state index contributed by atoms with van der Waals surface area (Å²) in [6, 6.07) is 10.2. The van der Waals surface area contributed by atoms with E-state index in [1.54, 1.807) is 42.6 Å². The number of rotatable bonds is 7. The molecular formula is C20H22N4O3S. The largest absolute Gasteiger partial charge is 0.376 e. The molecule has 1 aliphatic rings. The van der Waals surface area contributed by atoms with E-state index in [1.807, 2.05) is 6.07 Å². The van der Waals surface area contributed by atoms with E-state index in [4.69, 9.17) is 10.00 Å². The van der Waals surface area contributed by atoms with Crippen molar-refractivity contribution in [1.29, 1.82) is 5.26 Å². The van der Waals surface area contributed by atoms with Crippen LogP contribution in [0.4, 0.5) is 10.7 Å². The van der Waals surface area contributed by atoms with Gasteiger partial charge in [-0.3, -0.25) is 9.59 Å². The fraction of sp³-hybridized carbons (Fsp3) is 0.350. The van der Waals surface area contributed by atoms with Crippen LogP contribution in [0.15, 0.2) is 35.7 Å². The summed E-state index contributed by atoms with van der Waals surface area (Å²) in [5.74, 6) is -0.496. The highest BCUT2D eigenvalue weighted by atomic mass is 32.1. The van der Waals surface area contributed by atoms with Crippen LogP contribution in [-0.4, -0.2) is 37.1 Å². The maximum atomic E-state index is 12.6. The first kappa shape index (κ1) is 19.9. The van der Waals surface area contributed by atoms with Gasteiger partial charge < -0.3 is 20.7 Å². The second kappa shape index (κ2) is 9.35. The van der Waals surface area contributed by atoms with Crippen molar-refractivity contribution in [2.45, 2.75) is 31.9 Å². The number of benzene rings is 1. The molecule has 0 radical (unpaired) electrons. The molecule has 2 amide bonds. The Morgan fingerprint density at radius 2 is 2.18 bits per heavy atom. The zero-order valence-corrected chi connectivity index (χ0v) is 16.3. The summed E-state index contributed by atoms with van der Waals surface area (Å²) in [4.78, 5) is 25.0. The molecule has 1 aromatic heterocycles. The van der Waals surface area contributed by atoms with Crippen LogP contribution >= 0.6 is 11.3 Å². The zero-order chi connectivity index (χ0) is 19.9. The van der Waals surface area contributed by atoms with E-state index in [0.29, 0.717) is 28.4 Å². The molecule has 146 valence electrons. The normalized spacial score (nSPS) is 16.8. The molecule has 3 N–H and O–H groups in total. The molecule has 2 aromatic rings. The van der Waals surface area contributed by atoms with Crippen LogP contribution in [0.3, 0.4) is 0 Å². The molecule has 1 aromatic carbocycles. The minimum absolute atomic E-state index is 0.0638. The Bertz CT molecular complexity index is 884. The highest BCUT2D eigenvalue weighted by molar-refractivity contribution is 7.14. The first-order chi connectivity index (χ1) is 13.6. The Labute approximate surface area is 167 Å². The van der Waals surface area contributed by atoms with Crippen molar-refractivity contribution in [2.75, 3.05) is 23.8 Å². The second-order valence-electron chi connectivity index (χ2n) is 6.52. The number of hydrogen-bond donors (Lipinski definition) is 3. The fourth-order valence-corrected chi connectivity index (χ4v) is 3.67. The minimum atomic E-state index is -0.597. The Morgan fingerprint density at radius 3 is 2.93 bits per heavy atom. The topological polar surface area (TPSA) is 103 Å². The average Bonchev–Trinajstić information content (AvgIpc) is 3.38. The van der Waals surface area contributed by atoms with Crippen molar-refractivity contribution in [1.82, 2.24) is 5.32 Å². The lowest BCUT2D eigenvalue weighted by Crippen LogP contribution is -2.34. The molecule has 2 atom stereocenters. The molecule has 1 aliphatic heterocycles. The molecule has 8 heteroatoms. The molecule has 0 bridgehead atoms. The van der Waals surface area contributed by atoms with Crippen LogP contribution in [0, 0.1) is 11.3 Å². The van der Waals surface area contributed by atoms with E-state index < -0.39 is 6.04 Å². The highest BCUT2D eigenvalue weighted by Crippen LogP contribution is 2.23. The predicted octanol–water partition coefficient (Wildman–Crippen LogP) is 2.97. The lowest BCUT2D eigenvalue weighted by molar-refractivity contribution is -0.116. The number of para-hydroxylation sites is 1. The Morgan fingerprint density at radius 1 is 1.36 bits per heavy atom. The van der Waals surface area contributed by atoms with Gasteiger partial charge in [-0.15, -0.1) is 11.3 Å². The van der Waals surface area contributed by atoms with Crippen LogP contribution in [0.5, 0.6) is 0 Å². The number of hydrogen-bond acceptors (Lipinski definition) is 6. The first-order valence-corrected chi connectivity index (χ1v) is 10.00. The van der Waals surface area contributed by atoms with Gasteiger partial charge in [0, 0.05) is 18.8 Å². The summed E-state index contributed by atoms with van der Waals surface area (Å²) in [5.41, 5.74) is 1.47. The lowest BCUT2D eigenvalue weighted by atomic mass is 10.1. The van der Waals surface area contributed by atoms with Crippen LogP contribution in [0.2, 0.25) is 0 Å². The molecule has 0 saturated carbocycles. The van der Waals surface area contributed by atoms with E-state index >= 15 is 0 Å². The molecule has 1 fully saturated rings. The third-order valence-corrected chi connectivity index (χ3v) is 5.30. The van der Waals surface area contributed by atoms with Crippen LogP contribution < -0.4 is 16.0 Å². The number of anilines is 2. The summed E-state index contributed by atoms with van der Waals surface area (Å²) >= 11 is 1.29. The molecule has 1 saturated heterocycles. The van der Waals surface area contributed by atoms with Gasteiger partial charge in [0.05, 0.1) is 17.2 Å². The van der Waals surface area contributed by atoms with Gasteiger partial charge in [-0.1, -0.05) is 12.1 Å². The van der Waals surface area contributed by atoms with Crippen LogP contribution in [0.1, 0.15) is 35.7 Å². The average molecular weight is 398 g/mol. The fourth-order valence-electron chi connectivity index (χ4n) is 2.93. The molecular weight excluding hydrogens is 376 g/mol. The quantitative estimate of drug-likeness (QED) is 0.665. The van der Waals surface area contributed by atoms with Crippen LogP contribution in [-0.2, 0) is 9.53 Å². The maximum absolute atomic E-state index is 12.6.